The molecule has 2 heterocycles. The number of hydrogen-bond acceptors (Lipinski definition) is 6. The summed E-state index contributed by atoms with van der Waals surface area (Å²) in [5.41, 5.74) is 5.47. The average Bonchev–Trinajstić information content (AvgIpc) is 3.37. The van der Waals surface area contributed by atoms with E-state index >= 15 is 0 Å². The van der Waals surface area contributed by atoms with Crippen LogP contribution in [0.3, 0.4) is 0 Å². The molecular weight excluding hydrogens is 466 g/mol. The molecule has 7 nitrogen and oxygen atoms in total. The van der Waals surface area contributed by atoms with Crippen LogP contribution in [0, 0.1) is 13.8 Å². The van der Waals surface area contributed by atoms with Crippen LogP contribution in [0.25, 0.3) is 10.9 Å². The molecular formula is C30H27N3O4. The molecule has 1 unspecified atom stereocenters. The van der Waals surface area contributed by atoms with Gasteiger partial charge in [-0.3, -0.25) is 9.78 Å². The van der Waals surface area contributed by atoms with Crippen molar-refractivity contribution in [2.75, 3.05) is 13.7 Å². The molecule has 186 valence electrons. The lowest BCUT2D eigenvalue weighted by molar-refractivity contribution is -0.136. The van der Waals surface area contributed by atoms with Gasteiger partial charge in [-0.2, -0.15) is 5.10 Å². The Kier molecular flexibility index (Phi) is 6.68. The third kappa shape index (κ3) is 5.07. The van der Waals surface area contributed by atoms with Crippen molar-refractivity contribution >= 4 is 28.5 Å². The van der Waals surface area contributed by atoms with Gasteiger partial charge in [-0.25, -0.2) is 9.80 Å². The minimum Gasteiger partial charge on any atom is -0.497 e. The molecule has 0 radical (unpaired) electrons. The van der Waals surface area contributed by atoms with Gasteiger partial charge in [-0.05, 0) is 55.3 Å². The van der Waals surface area contributed by atoms with Gasteiger partial charge >= 0.3 is 5.97 Å². The molecule has 1 amide bonds. The van der Waals surface area contributed by atoms with Crippen LogP contribution in [-0.4, -0.2) is 41.3 Å². The van der Waals surface area contributed by atoms with Gasteiger partial charge in [0.05, 0.1) is 29.9 Å². The average molecular weight is 494 g/mol. The second-order valence-electron chi connectivity index (χ2n) is 9.05. The second kappa shape index (κ2) is 10.2. The Hall–Kier alpha value is -4.52. The summed E-state index contributed by atoms with van der Waals surface area (Å²) in [6, 6.07) is 24.4. The maximum Gasteiger partial charge on any atom is 0.339 e. The van der Waals surface area contributed by atoms with Crippen molar-refractivity contribution in [3.63, 3.8) is 0 Å². The number of carbonyl (C=O) groups excluding carboxylic acids is 2. The Morgan fingerprint density at radius 2 is 1.73 bits per heavy atom. The van der Waals surface area contributed by atoms with Crippen molar-refractivity contribution < 1.29 is 19.1 Å². The van der Waals surface area contributed by atoms with Crippen LogP contribution in [0.4, 0.5) is 0 Å². The Balaban J connectivity index is 1.39. The zero-order valence-corrected chi connectivity index (χ0v) is 21.0. The van der Waals surface area contributed by atoms with Gasteiger partial charge in [-0.15, -0.1) is 0 Å². The highest BCUT2D eigenvalue weighted by atomic mass is 16.5. The Morgan fingerprint density at radius 1 is 0.973 bits per heavy atom. The molecule has 3 aromatic carbocycles. The summed E-state index contributed by atoms with van der Waals surface area (Å²) < 4.78 is 10.8. The van der Waals surface area contributed by atoms with Crippen LogP contribution >= 0.6 is 0 Å². The van der Waals surface area contributed by atoms with Gasteiger partial charge < -0.3 is 9.47 Å². The third-order valence-corrected chi connectivity index (χ3v) is 6.41. The Labute approximate surface area is 215 Å². The van der Waals surface area contributed by atoms with Crippen LogP contribution in [-0.2, 0) is 9.53 Å². The number of amides is 1. The van der Waals surface area contributed by atoms with E-state index < -0.39 is 18.5 Å². The number of esters is 1. The van der Waals surface area contributed by atoms with E-state index in [4.69, 9.17) is 9.47 Å². The number of carbonyl (C=O) groups is 2. The first-order valence-electron chi connectivity index (χ1n) is 12.1. The molecule has 1 aromatic heterocycles. The van der Waals surface area contributed by atoms with E-state index in [2.05, 4.69) is 10.1 Å². The van der Waals surface area contributed by atoms with Crippen molar-refractivity contribution in [2.45, 2.75) is 26.3 Å². The van der Waals surface area contributed by atoms with Crippen molar-refractivity contribution in [3.8, 4) is 5.75 Å². The number of nitrogens with zero attached hydrogens (tertiary/aromatic N) is 3. The fraction of sp³-hybridized carbons (Fsp3) is 0.200. The van der Waals surface area contributed by atoms with E-state index in [0.717, 1.165) is 28.2 Å². The highest BCUT2D eigenvalue weighted by molar-refractivity contribution is 6.05. The summed E-state index contributed by atoms with van der Waals surface area (Å²) in [7, 11) is 1.61. The fourth-order valence-corrected chi connectivity index (χ4v) is 4.54. The monoisotopic (exact) mass is 493 g/mol. The number of pyridine rings is 1. The molecule has 0 saturated carbocycles. The highest BCUT2D eigenvalue weighted by Gasteiger charge is 2.33. The zero-order valence-electron chi connectivity index (χ0n) is 21.0. The predicted molar refractivity (Wildman–Crippen MR) is 142 cm³/mol. The SMILES string of the molecule is COc1ccc(C2CC(c3ccccc3)=NN2C(=O)COC(=O)c2cc(C)nc3ccc(C)cc23)cc1. The first-order chi connectivity index (χ1) is 17.9. The van der Waals surface area contributed by atoms with Gasteiger partial charge in [0.15, 0.2) is 6.61 Å². The van der Waals surface area contributed by atoms with Crippen molar-refractivity contribution in [1.29, 1.82) is 0 Å². The van der Waals surface area contributed by atoms with E-state index in [1.54, 1.807) is 13.2 Å². The summed E-state index contributed by atoms with van der Waals surface area (Å²) in [6.07, 6.45) is 0.545. The summed E-state index contributed by atoms with van der Waals surface area (Å²) in [4.78, 5) is 30.9. The van der Waals surface area contributed by atoms with Crippen molar-refractivity contribution in [2.24, 2.45) is 5.10 Å². The lowest BCUT2D eigenvalue weighted by Crippen LogP contribution is -2.31. The number of hydrazone groups is 1. The number of methoxy groups -OCH3 is 1. The topological polar surface area (TPSA) is 81.1 Å². The lowest BCUT2D eigenvalue weighted by Gasteiger charge is -2.22. The molecule has 7 heteroatoms. The number of aryl methyl sites for hydroxylation is 2. The van der Waals surface area contributed by atoms with E-state index in [1.807, 2.05) is 86.6 Å². The normalized spacial score (nSPS) is 14.9. The molecule has 0 saturated heterocycles. The second-order valence-corrected chi connectivity index (χ2v) is 9.05. The molecule has 0 bridgehead atoms. The smallest absolute Gasteiger partial charge is 0.339 e. The van der Waals surface area contributed by atoms with Crippen LogP contribution in [0.2, 0.25) is 0 Å². The number of ether oxygens (including phenoxy) is 2. The van der Waals surface area contributed by atoms with Crippen molar-refractivity contribution in [1.82, 2.24) is 9.99 Å². The van der Waals surface area contributed by atoms with E-state index in [-0.39, 0.29) is 6.04 Å². The summed E-state index contributed by atoms with van der Waals surface area (Å²) in [6.45, 7) is 3.35. The van der Waals surface area contributed by atoms with Gasteiger partial charge in [0.25, 0.3) is 5.91 Å². The molecule has 5 rings (SSSR count). The van der Waals surface area contributed by atoms with Gasteiger partial charge in [-0.1, -0.05) is 54.1 Å². The third-order valence-electron chi connectivity index (χ3n) is 6.41. The standard InChI is InChI=1S/C30H27N3O4/c1-19-9-14-26-24(15-19)25(16-20(2)31-26)30(35)37-18-29(34)33-28(22-10-12-23(36-3)13-11-22)17-27(32-33)21-7-5-4-6-8-21/h4-16,28H,17-18H2,1-3H3. The molecule has 0 spiro atoms. The van der Waals surface area contributed by atoms with Crippen LogP contribution < -0.4 is 4.74 Å². The van der Waals surface area contributed by atoms with Crippen LogP contribution in [0.1, 0.15) is 45.2 Å². The maximum absolute atomic E-state index is 13.4. The molecule has 1 atom stereocenters. The largest absolute Gasteiger partial charge is 0.497 e. The number of rotatable bonds is 6. The molecule has 1 aliphatic rings. The molecule has 0 N–H and O–H groups in total. The van der Waals surface area contributed by atoms with E-state index in [1.165, 1.54) is 5.01 Å². The van der Waals surface area contributed by atoms with E-state index in [9.17, 15) is 9.59 Å². The molecule has 0 aliphatic carbocycles. The quantitative estimate of drug-likeness (QED) is 0.336. The maximum atomic E-state index is 13.4. The lowest BCUT2D eigenvalue weighted by atomic mass is 9.98. The van der Waals surface area contributed by atoms with Crippen LogP contribution in [0.5, 0.6) is 5.75 Å². The van der Waals surface area contributed by atoms with Gasteiger partial charge in [0, 0.05) is 17.5 Å². The Morgan fingerprint density at radius 3 is 2.46 bits per heavy atom. The highest BCUT2D eigenvalue weighted by Crippen LogP contribution is 2.33. The zero-order chi connectivity index (χ0) is 25.9. The van der Waals surface area contributed by atoms with Gasteiger partial charge in [0.2, 0.25) is 0 Å². The van der Waals surface area contributed by atoms with Crippen molar-refractivity contribution in [3.05, 3.63) is 107 Å². The van der Waals surface area contributed by atoms with E-state index in [0.29, 0.717) is 28.6 Å². The van der Waals surface area contributed by atoms with Crippen LogP contribution in [0.15, 0.2) is 84.0 Å². The summed E-state index contributed by atoms with van der Waals surface area (Å²) in [5, 5.41) is 6.78. The first kappa shape index (κ1) is 24.2. The number of hydrogen-bond donors (Lipinski definition) is 0. The molecule has 1 aliphatic heterocycles. The Bertz CT molecular complexity index is 1500. The number of aromatic nitrogens is 1. The summed E-state index contributed by atoms with van der Waals surface area (Å²) >= 11 is 0. The minimum atomic E-state index is -0.568. The number of fused-ring (bicyclic) bond motifs is 1. The molecule has 37 heavy (non-hydrogen) atoms. The first-order valence-corrected chi connectivity index (χ1v) is 12.1. The number of benzene rings is 3. The minimum absolute atomic E-state index is 0.320. The molecule has 4 aromatic rings. The predicted octanol–water partition coefficient (Wildman–Crippen LogP) is 5.39. The summed E-state index contributed by atoms with van der Waals surface area (Å²) in [5.74, 6) is -0.235. The fourth-order valence-electron chi connectivity index (χ4n) is 4.54. The molecule has 0 fully saturated rings. The van der Waals surface area contributed by atoms with Gasteiger partial charge in [0.1, 0.15) is 5.75 Å².